The van der Waals surface area contributed by atoms with Gasteiger partial charge in [0, 0.05) is 5.92 Å². The molecule has 1 aromatic rings. The quantitative estimate of drug-likeness (QED) is 0.867. The second-order valence-electron chi connectivity index (χ2n) is 3.17. The van der Waals surface area contributed by atoms with Crippen LogP contribution in [0.5, 0.6) is 0 Å². The van der Waals surface area contributed by atoms with Crippen LogP contribution in [0.15, 0.2) is 9.00 Å². The Balaban J connectivity index is 2.08. The van der Waals surface area contributed by atoms with Crippen molar-refractivity contribution in [1.82, 2.24) is 5.16 Å². The maximum atomic E-state index is 11.3. The summed E-state index contributed by atoms with van der Waals surface area (Å²) < 4.78 is 5.64. The number of anilines is 1. The molecule has 0 radical (unpaired) electrons. The zero-order valence-corrected chi connectivity index (χ0v) is 8.72. The predicted molar refractivity (Wildman–Crippen MR) is 50.3 cm³/mol. The van der Waals surface area contributed by atoms with E-state index in [0.29, 0.717) is 5.88 Å². The summed E-state index contributed by atoms with van der Waals surface area (Å²) in [7, 11) is 0. The van der Waals surface area contributed by atoms with E-state index in [9.17, 15) is 4.79 Å². The van der Waals surface area contributed by atoms with Crippen LogP contribution in [0.25, 0.3) is 0 Å². The van der Waals surface area contributed by atoms with Crippen LogP contribution >= 0.6 is 15.9 Å². The van der Waals surface area contributed by atoms with Crippen molar-refractivity contribution in [3.05, 3.63) is 10.2 Å². The van der Waals surface area contributed by atoms with Gasteiger partial charge in [-0.25, -0.2) is 0 Å². The van der Waals surface area contributed by atoms with E-state index < -0.39 is 0 Å². The van der Waals surface area contributed by atoms with E-state index >= 15 is 0 Å². The standard InChI is InChI=1S/C8H9BrN2O2/c1-4-6(9)8(13-11-4)10-7(12)5-2-3-5/h5H,2-3H2,1H3,(H,10,12). The molecule has 5 heteroatoms. The number of halogens is 1. The van der Waals surface area contributed by atoms with Crippen molar-refractivity contribution >= 4 is 27.7 Å². The van der Waals surface area contributed by atoms with Crippen molar-refractivity contribution in [2.45, 2.75) is 19.8 Å². The van der Waals surface area contributed by atoms with Gasteiger partial charge in [-0.1, -0.05) is 5.16 Å². The molecule has 1 saturated carbocycles. The summed E-state index contributed by atoms with van der Waals surface area (Å²) in [4.78, 5) is 11.3. The van der Waals surface area contributed by atoms with Crippen LogP contribution in [0.2, 0.25) is 0 Å². The summed E-state index contributed by atoms with van der Waals surface area (Å²) in [5.41, 5.74) is 0.742. The summed E-state index contributed by atoms with van der Waals surface area (Å²) in [6.45, 7) is 1.81. The maximum absolute atomic E-state index is 11.3. The van der Waals surface area contributed by atoms with Crippen LogP contribution in [-0.2, 0) is 4.79 Å². The molecule has 0 aliphatic heterocycles. The highest BCUT2D eigenvalue weighted by Gasteiger charge is 2.30. The maximum Gasteiger partial charge on any atom is 0.245 e. The van der Waals surface area contributed by atoms with Gasteiger partial charge in [-0.3, -0.25) is 10.1 Å². The average molecular weight is 245 g/mol. The third kappa shape index (κ3) is 1.75. The zero-order chi connectivity index (χ0) is 9.42. The lowest BCUT2D eigenvalue weighted by molar-refractivity contribution is -0.117. The van der Waals surface area contributed by atoms with Crippen molar-refractivity contribution < 1.29 is 9.32 Å². The Morgan fingerprint density at radius 2 is 2.38 bits per heavy atom. The fraction of sp³-hybridized carbons (Fsp3) is 0.500. The molecule has 2 rings (SSSR count). The van der Waals surface area contributed by atoms with Crippen molar-refractivity contribution in [2.24, 2.45) is 5.92 Å². The fourth-order valence-corrected chi connectivity index (χ4v) is 1.24. The number of carbonyl (C=O) groups is 1. The number of aromatic nitrogens is 1. The number of nitrogens with zero attached hydrogens (tertiary/aromatic N) is 1. The highest BCUT2D eigenvalue weighted by Crippen LogP contribution is 2.32. The van der Waals surface area contributed by atoms with E-state index in [2.05, 4.69) is 26.4 Å². The van der Waals surface area contributed by atoms with E-state index in [4.69, 9.17) is 4.52 Å². The van der Waals surface area contributed by atoms with E-state index in [0.717, 1.165) is 23.0 Å². The molecular weight excluding hydrogens is 236 g/mol. The molecule has 0 atom stereocenters. The van der Waals surface area contributed by atoms with Gasteiger partial charge in [0.2, 0.25) is 11.8 Å². The number of nitrogens with one attached hydrogen (secondary N) is 1. The molecule has 0 spiro atoms. The Labute approximate surface area is 83.8 Å². The number of amides is 1. The van der Waals surface area contributed by atoms with Gasteiger partial charge < -0.3 is 4.52 Å². The van der Waals surface area contributed by atoms with Crippen LogP contribution in [0, 0.1) is 12.8 Å². The number of hydrogen-bond acceptors (Lipinski definition) is 3. The third-order valence-corrected chi connectivity index (χ3v) is 2.91. The average Bonchev–Trinajstić information content (AvgIpc) is 2.89. The zero-order valence-electron chi connectivity index (χ0n) is 7.13. The first-order chi connectivity index (χ1) is 6.18. The smallest absolute Gasteiger partial charge is 0.245 e. The molecule has 1 aromatic heterocycles. The van der Waals surface area contributed by atoms with E-state index in [-0.39, 0.29) is 11.8 Å². The minimum Gasteiger partial charge on any atom is -0.337 e. The highest BCUT2D eigenvalue weighted by molar-refractivity contribution is 9.10. The number of aryl methyl sites for hydroxylation is 1. The fourth-order valence-electron chi connectivity index (χ4n) is 0.996. The molecule has 13 heavy (non-hydrogen) atoms. The number of carbonyl (C=O) groups excluding carboxylic acids is 1. The first kappa shape index (κ1) is 8.74. The minimum atomic E-state index is 0.0249. The molecule has 1 N–H and O–H groups in total. The third-order valence-electron chi connectivity index (χ3n) is 1.98. The minimum absolute atomic E-state index is 0.0249. The second-order valence-corrected chi connectivity index (χ2v) is 3.97. The molecular formula is C8H9BrN2O2. The van der Waals surface area contributed by atoms with E-state index in [1.807, 2.05) is 0 Å². The number of hydrogen-bond donors (Lipinski definition) is 1. The Bertz CT molecular complexity index is 344. The largest absolute Gasteiger partial charge is 0.337 e. The van der Waals surface area contributed by atoms with Crippen molar-refractivity contribution in [1.29, 1.82) is 0 Å². The summed E-state index contributed by atoms with van der Waals surface area (Å²) >= 11 is 3.28. The lowest BCUT2D eigenvalue weighted by Crippen LogP contribution is -2.12. The van der Waals surface area contributed by atoms with Crippen LogP contribution < -0.4 is 5.32 Å². The van der Waals surface area contributed by atoms with E-state index in [1.165, 1.54) is 0 Å². The summed E-state index contributed by atoms with van der Waals surface area (Å²) in [6, 6.07) is 0. The van der Waals surface area contributed by atoms with Gasteiger partial charge >= 0.3 is 0 Å². The molecule has 1 aliphatic carbocycles. The molecule has 1 aliphatic rings. The number of rotatable bonds is 2. The van der Waals surface area contributed by atoms with Gasteiger partial charge in [0.05, 0.1) is 5.69 Å². The first-order valence-electron chi connectivity index (χ1n) is 4.11. The Morgan fingerprint density at radius 1 is 1.69 bits per heavy atom. The van der Waals surface area contributed by atoms with Crippen LogP contribution in [-0.4, -0.2) is 11.1 Å². The van der Waals surface area contributed by atoms with E-state index in [1.54, 1.807) is 6.92 Å². The van der Waals surface area contributed by atoms with Gasteiger partial charge in [0.25, 0.3) is 0 Å². The Morgan fingerprint density at radius 3 is 2.85 bits per heavy atom. The second kappa shape index (κ2) is 3.14. The predicted octanol–water partition coefficient (Wildman–Crippen LogP) is 2.09. The lowest BCUT2D eigenvalue weighted by Gasteiger charge is -1.97. The monoisotopic (exact) mass is 244 g/mol. The Kier molecular flexibility index (Phi) is 2.11. The molecule has 1 amide bonds. The highest BCUT2D eigenvalue weighted by atomic mass is 79.9. The lowest BCUT2D eigenvalue weighted by atomic mass is 10.4. The van der Waals surface area contributed by atoms with Gasteiger partial charge in [0.1, 0.15) is 4.47 Å². The molecule has 0 bridgehead atoms. The van der Waals surface area contributed by atoms with Crippen LogP contribution in [0.3, 0.4) is 0 Å². The first-order valence-corrected chi connectivity index (χ1v) is 4.90. The molecule has 0 saturated heterocycles. The molecule has 1 fully saturated rings. The molecule has 70 valence electrons. The SMILES string of the molecule is Cc1noc(NC(=O)C2CC2)c1Br. The molecule has 0 aromatic carbocycles. The molecule has 0 unspecified atom stereocenters. The van der Waals surface area contributed by atoms with Gasteiger partial charge in [-0.05, 0) is 35.7 Å². The van der Waals surface area contributed by atoms with Crippen LogP contribution in [0.4, 0.5) is 5.88 Å². The van der Waals surface area contributed by atoms with Gasteiger partial charge in [-0.15, -0.1) is 0 Å². The topological polar surface area (TPSA) is 55.1 Å². The van der Waals surface area contributed by atoms with Crippen molar-refractivity contribution in [2.75, 3.05) is 5.32 Å². The summed E-state index contributed by atoms with van der Waals surface area (Å²) in [5.74, 6) is 0.614. The molecule has 4 nitrogen and oxygen atoms in total. The normalized spacial score (nSPS) is 15.8. The van der Waals surface area contributed by atoms with Gasteiger partial charge in [-0.2, -0.15) is 0 Å². The summed E-state index contributed by atoms with van der Waals surface area (Å²) in [5, 5.41) is 6.39. The summed E-state index contributed by atoms with van der Waals surface area (Å²) in [6.07, 6.45) is 1.97. The van der Waals surface area contributed by atoms with Crippen molar-refractivity contribution in [3.63, 3.8) is 0 Å². The van der Waals surface area contributed by atoms with Crippen molar-refractivity contribution in [3.8, 4) is 0 Å². The van der Waals surface area contributed by atoms with Crippen LogP contribution in [0.1, 0.15) is 18.5 Å². The molecule has 1 heterocycles. The Hall–Kier alpha value is -0.840. The van der Waals surface area contributed by atoms with Gasteiger partial charge in [0.15, 0.2) is 0 Å².